The molecule has 0 saturated carbocycles. The van der Waals surface area contributed by atoms with Crippen LogP contribution < -0.4 is 5.73 Å². The van der Waals surface area contributed by atoms with Gasteiger partial charge >= 0.3 is 0 Å². The first-order valence-electron chi connectivity index (χ1n) is 9.31. The van der Waals surface area contributed by atoms with Crippen molar-refractivity contribution in [2.75, 3.05) is 0 Å². The topological polar surface area (TPSA) is 59.0 Å². The second kappa shape index (κ2) is 8.14. The van der Waals surface area contributed by atoms with Crippen LogP contribution in [0, 0.1) is 23.0 Å². The van der Waals surface area contributed by atoms with Gasteiger partial charge in [-0.15, -0.1) is 0 Å². The second-order valence-corrected chi connectivity index (χ2v) is 7.89. The lowest BCUT2D eigenvalue weighted by atomic mass is 9.76. The van der Waals surface area contributed by atoms with Crippen molar-refractivity contribution in [1.29, 1.82) is 5.26 Å². The summed E-state index contributed by atoms with van der Waals surface area (Å²) in [6.07, 6.45) is 3.49. The molecule has 2 aromatic rings. The molecule has 1 aliphatic carbocycles. The molecule has 1 heterocycles. The molecule has 0 amide bonds. The zero-order valence-electron chi connectivity index (χ0n) is 15.7. The lowest BCUT2D eigenvalue weighted by molar-refractivity contribution is 0.276. The minimum absolute atomic E-state index is 0.103. The predicted molar refractivity (Wildman–Crippen MR) is 112 cm³/mol. The molecule has 0 aromatic heterocycles. The highest BCUT2D eigenvalue weighted by Crippen LogP contribution is 2.49. The summed E-state index contributed by atoms with van der Waals surface area (Å²) < 4.78 is 34.9. The molecule has 2 aliphatic rings. The van der Waals surface area contributed by atoms with E-state index in [2.05, 4.69) is 0 Å². The van der Waals surface area contributed by atoms with Crippen LogP contribution in [-0.4, -0.2) is 0 Å². The van der Waals surface area contributed by atoms with E-state index in [1.807, 2.05) is 6.07 Å². The summed E-state index contributed by atoms with van der Waals surface area (Å²) in [7, 11) is 0. The summed E-state index contributed by atoms with van der Waals surface area (Å²) in [5.41, 5.74) is 7.94. The normalized spacial score (nSPS) is 20.1. The van der Waals surface area contributed by atoms with Crippen molar-refractivity contribution in [2.24, 2.45) is 5.73 Å². The van der Waals surface area contributed by atoms with Crippen molar-refractivity contribution in [3.63, 3.8) is 0 Å². The van der Waals surface area contributed by atoms with Crippen molar-refractivity contribution >= 4 is 29.3 Å². The third kappa shape index (κ3) is 3.47. The number of ether oxygens (including phenoxy) is 1. The molecule has 2 N–H and O–H groups in total. The first kappa shape index (κ1) is 20.5. The zero-order chi connectivity index (χ0) is 21.4. The number of rotatable bonds is 2. The molecule has 1 unspecified atom stereocenters. The van der Waals surface area contributed by atoms with Gasteiger partial charge in [0.15, 0.2) is 0 Å². The fourth-order valence-corrected chi connectivity index (χ4v) is 4.47. The summed E-state index contributed by atoms with van der Waals surface area (Å²) in [5.74, 6) is -1.47. The van der Waals surface area contributed by atoms with Crippen LogP contribution in [0.1, 0.15) is 36.3 Å². The fourth-order valence-electron chi connectivity index (χ4n) is 3.98. The summed E-state index contributed by atoms with van der Waals surface area (Å²) in [6, 6.07) is 10.9. The third-order valence-corrected chi connectivity index (χ3v) is 5.98. The highest BCUT2D eigenvalue weighted by molar-refractivity contribution is 6.32. The fraction of sp³-hybridized carbons (Fsp3) is 0.174. The standard InChI is InChI=1S/C23H16Cl2F2N2O/c24-16-6-2-8-18(26)14(16)10-12-4-1-5-13-20(15(11-28)23(29)30-22(12)13)21-17(25)7-3-9-19(21)27/h2-3,6-10,20H,1,4-5,29H2/b12-10+. The number of allylic oxidation sites excluding steroid dienone is 3. The minimum atomic E-state index is -0.771. The Balaban J connectivity index is 1.92. The van der Waals surface area contributed by atoms with Crippen LogP contribution in [-0.2, 0) is 4.74 Å². The molecule has 152 valence electrons. The number of benzene rings is 2. The smallest absolute Gasteiger partial charge is 0.205 e. The SMILES string of the molecule is N#CC1=C(N)OC2=C(CCC/C2=C\c2c(F)cccc2Cl)C1c1c(F)cccc1Cl. The number of hydrogen-bond acceptors (Lipinski definition) is 3. The Morgan fingerprint density at radius 2 is 1.77 bits per heavy atom. The van der Waals surface area contributed by atoms with Gasteiger partial charge in [0, 0.05) is 16.1 Å². The lowest BCUT2D eigenvalue weighted by Gasteiger charge is -2.33. The molecule has 30 heavy (non-hydrogen) atoms. The number of hydrogen-bond donors (Lipinski definition) is 1. The second-order valence-electron chi connectivity index (χ2n) is 7.07. The number of halogens is 4. The van der Waals surface area contributed by atoms with Crippen LogP contribution in [0.3, 0.4) is 0 Å². The first-order valence-corrected chi connectivity index (χ1v) is 10.1. The van der Waals surface area contributed by atoms with E-state index >= 15 is 0 Å². The molecule has 4 rings (SSSR count). The molecular weight excluding hydrogens is 429 g/mol. The Morgan fingerprint density at radius 1 is 1.07 bits per heavy atom. The van der Waals surface area contributed by atoms with Gasteiger partial charge in [-0.05, 0) is 60.8 Å². The Kier molecular flexibility index (Phi) is 5.55. The van der Waals surface area contributed by atoms with Gasteiger partial charge in [0.2, 0.25) is 5.88 Å². The highest BCUT2D eigenvalue weighted by atomic mass is 35.5. The van der Waals surface area contributed by atoms with E-state index in [9.17, 15) is 14.0 Å². The molecule has 1 aliphatic heterocycles. The molecule has 0 fully saturated rings. The van der Waals surface area contributed by atoms with Gasteiger partial charge in [-0.25, -0.2) is 8.78 Å². The quantitative estimate of drug-likeness (QED) is 0.567. The van der Waals surface area contributed by atoms with Crippen LogP contribution in [0.4, 0.5) is 8.78 Å². The van der Waals surface area contributed by atoms with Crippen LogP contribution in [0.15, 0.2) is 64.8 Å². The van der Waals surface area contributed by atoms with Gasteiger partial charge in [0.05, 0.1) is 10.9 Å². The van der Waals surface area contributed by atoms with Gasteiger partial charge in [-0.3, -0.25) is 0 Å². The first-order chi connectivity index (χ1) is 14.4. The summed E-state index contributed by atoms with van der Waals surface area (Å²) in [5, 5.41) is 10.2. The van der Waals surface area contributed by atoms with Gasteiger partial charge in [-0.2, -0.15) is 5.26 Å². The number of nitrogens with two attached hydrogens (primary N) is 1. The maximum Gasteiger partial charge on any atom is 0.205 e. The Bertz CT molecular complexity index is 1140. The molecule has 2 aromatic carbocycles. The van der Waals surface area contributed by atoms with E-state index in [1.165, 1.54) is 24.3 Å². The number of nitrogens with zero attached hydrogens (tertiary/aromatic N) is 1. The van der Waals surface area contributed by atoms with Crippen LogP contribution in [0.5, 0.6) is 0 Å². The van der Waals surface area contributed by atoms with Gasteiger partial charge in [0.1, 0.15) is 29.0 Å². The van der Waals surface area contributed by atoms with E-state index in [1.54, 1.807) is 18.2 Å². The maximum absolute atomic E-state index is 14.8. The minimum Gasteiger partial charge on any atom is -0.440 e. The van der Waals surface area contributed by atoms with Gasteiger partial charge in [-0.1, -0.05) is 35.3 Å². The van der Waals surface area contributed by atoms with Crippen molar-refractivity contribution in [3.05, 3.63) is 97.6 Å². The van der Waals surface area contributed by atoms with Crippen LogP contribution >= 0.6 is 23.2 Å². The van der Waals surface area contributed by atoms with E-state index in [4.69, 9.17) is 33.7 Å². The third-order valence-electron chi connectivity index (χ3n) is 5.32. The van der Waals surface area contributed by atoms with Crippen molar-refractivity contribution in [1.82, 2.24) is 0 Å². The maximum atomic E-state index is 14.8. The summed E-state index contributed by atoms with van der Waals surface area (Å²) in [6.45, 7) is 0. The molecule has 3 nitrogen and oxygen atoms in total. The summed E-state index contributed by atoms with van der Waals surface area (Å²) >= 11 is 12.5. The largest absolute Gasteiger partial charge is 0.440 e. The molecule has 0 spiro atoms. The monoisotopic (exact) mass is 444 g/mol. The average Bonchev–Trinajstić information content (AvgIpc) is 2.71. The van der Waals surface area contributed by atoms with Gasteiger partial charge < -0.3 is 10.5 Å². The summed E-state index contributed by atoms with van der Waals surface area (Å²) in [4.78, 5) is 0. The Labute approximate surface area is 182 Å². The Hall–Kier alpha value is -2.81. The zero-order valence-corrected chi connectivity index (χ0v) is 17.2. The molecule has 0 bridgehead atoms. The van der Waals surface area contributed by atoms with Crippen molar-refractivity contribution in [3.8, 4) is 6.07 Å². The van der Waals surface area contributed by atoms with E-state index in [0.717, 1.165) is 0 Å². The predicted octanol–water partition coefficient (Wildman–Crippen LogP) is 6.60. The van der Waals surface area contributed by atoms with E-state index in [0.29, 0.717) is 36.2 Å². The Morgan fingerprint density at radius 3 is 2.43 bits per heavy atom. The highest BCUT2D eigenvalue weighted by Gasteiger charge is 2.38. The lowest BCUT2D eigenvalue weighted by Crippen LogP contribution is -2.24. The average molecular weight is 445 g/mol. The van der Waals surface area contributed by atoms with E-state index < -0.39 is 17.6 Å². The van der Waals surface area contributed by atoms with Crippen LogP contribution in [0.2, 0.25) is 10.0 Å². The van der Waals surface area contributed by atoms with Crippen LogP contribution in [0.25, 0.3) is 6.08 Å². The molecule has 0 radical (unpaired) electrons. The van der Waals surface area contributed by atoms with Crippen molar-refractivity contribution < 1.29 is 13.5 Å². The van der Waals surface area contributed by atoms with E-state index in [-0.39, 0.29) is 32.6 Å². The molecule has 1 atom stereocenters. The molecule has 7 heteroatoms. The number of nitriles is 1. The molecular formula is C23H16Cl2F2N2O. The van der Waals surface area contributed by atoms with Gasteiger partial charge in [0.25, 0.3) is 0 Å². The molecule has 0 saturated heterocycles. The van der Waals surface area contributed by atoms with Crippen molar-refractivity contribution in [2.45, 2.75) is 25.2 Å².